The number of nitriles is 1. The molecule has 3 rings (SSSR count). The number of hydrogen-bond donors (Lipinski definition) is 2. The molecule has 0 atom stereocenters. The zero-order valence-corrected chi connectivity index (χ0v) is 17.6. The van der Waals surface area contributed by atoms with Crippen LogP contribution in [-0.2, 0) is 17.6 Å². The van der Waals surface area contributed by atoms with Crippen molar-refractivity contribution in [2.75, 3.05) is 5.32 Å². The third-order valence-corrected chi connectivity index (χ3v) is 5.74. The molecule has 0 radical (unpaired) electrons. The fourth-order valence-corrected chi connectivity index (χ4v) is 4.21. The number of aromatic nitrogens is 2. The second-order valence-corrected chi connectivity index (χ2v) is 8.21. The molecule has 0 unspecified atom stereocenters. The fourth-order valence-electron chi connectivity index (χ4n) is 3.14. The van der Waals surface area contributed by atoms with E-state index in [4.69, 9.17) is 16.9 Å². The molecule has 0 saturated carbocycles. The van der Waals surface area contributed by atoms with Crippen molar-refractivity contribution < 1.29 is 4.79 Å². The van der Waals surface area contributed by atoms with Gasteiger partial charge in [0, 0.05) is 34.6 Å². The monoisotopic (exact) mass is 426 g/mol. The number of hydrogen-bond acceptors (Lipinski definition) is 5. The number of carbonyl (C=O) groups is 1. The number of rotatable bonds is 6. The van der Waals surface area contributed by atoms with Gasteiger partial charge in [-0.15, -0.1) is 11.3 Å². The summed E-state index contributed by atoms with van der Waals surface area (Å²) in [6, 6.07) is 9.56. The van der Waals surface area contributed by atoms with Crippen molar-refractivity contribution in [3.05, 3.63) is 78.7 Å². The number of halogens is 1. The van der Waals surface area contributed by atoms with Crippen molar-refractivity contribution >= 4 is 34.0 Å². The van der Waals surface area contributed by atoms with Crippen molar-refractivity contribution in [1.29, 1.82) is 5.26 Å². The number of thiazole rings is 1. The number of nitrogens with zero attached hydrogens (tertiary/aromatic N) is 2. The van der Waals surface area contributed by atoms with E-state index in [1.807, 2.05) is 30.3 Å². The number of benzene rings is 1. The van der Waals surface area contributed by atoms with E-state index in [1.54, 1.807) is 20.0 Å². The van der Waals surface area contributed by atoms with Crippen LogP contribution < -0.4 is 10.9 Å². The van der Waals surface area contributed by atoms with Crippen molar-refractivity contribution in [2.45, 2.75) is 33.1 Å². The highest BCUT2D eigenvalue weighted by atomic mass is 35.5. The van der Waals surface area contributed by atoms with Gasteiger partial charge in [0.15, 0.2) is 5.13 Å². The summed E-state index contributed by atoms with van der Waals surface area (Å²) >= 11 is 7.43. The van der Waals surface area contributed by atoms with Crippen LogP contribution in [-0.4, -0.2) is 15.9 Å². The molecule has 29 heavy (non-hydrogen) atoms. The lowest BCUT2D eigenvalue weighted by molar-refractivity contribution is -0.116. The highest BCUT2D eigenvalue weighted by molar-refractivity contribution is 7.15. The van der Waals surface area contributed by atoms with Gasteiger partial charge in [-0.2, -0.15) is 5.26 Å². The van der Waals surface area contributed by atoms with Gasteiger partial charge in [-0.05, 0) is 49.1 Å². The molecule has 2 N–H and O–H groups in total. The van der Waals surface area contributed by atoms with Crippen LogP contribution in [0.1, 0.15) is 39.2 Å². The van der Waals surface area contributed by atoms with Crippen LogP contribution in [0, 0.1) is 25.2 Å². The molecule has 1 amide bonds. The Labute approximate surface area is 177 Å². The lowest BCUT2D eigenvalue weighted by Crippen LogP contribution is -2.18. The summed E-state index contributed by atoms with van der Waals surface area (Å²) in [5.74, 6) is -0.169. The SMILES string of the molecule is Cc1[nH]c(=O)c(C#N)c(C)c1CCC(=O)Nc1ncc(Cc2cccc(Cl)c2)s1. The Kier molecular flexibility index (Phi) is 6.47. The second-order valence-electron chi connectivity index (χ2n) is 6.66. The Morgan fingerprint density at radius 3 is 2.90 bits per heavy atom. The predicted molar refractivity (Wildman–Crippen MR) is 115 cm³/mol. The molecule has 8 heteroatoms. The van der Waals surface area contributed by atoms with Crippen LogP contribution >= 0.6 is 22.9 Å². The number of anilines is 1. The van der Waals surface area contributed by atoms with Gasteiger partial charge >= 0.3 is 0 Å². The van der Waals surface area contributed by atoms with Gasteiger partial charge in [0.1, 0.15) is 11.6 Å². The Hall–Kier alpha value is -2.95. The molecule has 2 aromatic heterocycles. The van der Waals surface area contributed by atoms with Crippen LogP contribution in [0.15, 0.2) is 35.3 Å². The summed E-state index contributed by atoms with van der Waals surface area (Å²) in [6.45, 7) is 3.50. The summed E-state index contributed by atoms with van der Waals surface area (Å²) < 4.78 is 0. The number of amides is 1. The van der Waals surface area contributed by atoms with Gasteiger partial charge in [0.05, 0.1) is 0 Å². The molecule has 0 spiro atoms. The largest absolute Gasteiger partial charge is 0.325 e. The van der Waals surface area contributed by atoms with Crippen LogP contribution in [0.2, 0.25) is 5.02 Å². The normalized spacial score (nSPS) is 10.6. The number of aryl methyl sites for hydroxylation is 1. The molecule has 3 aromatic rings. The molecular weight excluding hydrogens is 408 g/mol. The van der Waals surface area contributed by atoms with Gasteiger partial charge in [0.2, 0.25) is 5.91 Å². The van der Waals surface area contributed by atoms with E-state index in [-0.39, 0.29) is 17.9 Å². The first-order chi connectivity index (χ1) is 13.9. The van der Waals surface area contributed by atoms with Gasteiger partial charge in [0.25, 0.3) is 5.56 Å². The summed E-state index contributed by atoms with van der Waals surface area (Å²) in [5.41, 5.74) is 2.90. The molecule has 0 bridgehead atoms. The summed E-state index contributed by atoms with van der Waals surface area (Å²) in [7, 11) is 0. The van der Waals surface area contributed by atoms with Crippen molar-refractivity contribution in [3.63, 3.8) is 0 Å². The molecule has 0 aliphatic rings. The molecule has 2 heterocycles. The van der Waals surface area contributed by atoms with Gasteiger partial charge in [-0.1, -0.05) is 23.7 Å². The molecule has 148 valence electrons. The third kappa shape index (κ3) is 5.11. The highest BCUT2D eigenvalue weighted by Gasteiger charge is 2.14. The Morgan fingerprint density at radius 1 is 1.38 bits per heavy atom. The summed E-state index contributed by atoms with van der Waals surface area (Å²) in [5, 5.41) is 13.2. The fraction of sp³-hybridized carbons (Fsp3) is 0.238. The van der Waals surface area contributed by atoms with Gasteiger partial charge < -0.3 is 10.3 Å². The first-order valence-electron chi connectivity index (χ1n) is 8.99. The van der Waals surface area contributed by atoms with Crippen LogP contribution in [0.25, 0.3) is 0 Å². The Morgan fingerprint density at radius 2 is 2.17 bits per heavy atom. The number of nitrogens with one attached hydrogen (secondary N) is 2. The van der Waals surface area contributed by atoms with Crippen LogP contribution in [0.3, 0.4) is 0 Å². The van der Waals surface area contributed by atoms with E-state index < -0.39 is 5.56 Å². The van der Waals surface area contributed by atoms with E-state index in [1.165, 1.54) is 11.3 Å². The van der Waals surface area contributed by atoms with Crippen LogP contribution in [0.5, 0.6) is 0 Å². The second kappa shape index (κ2) is 9.03. The third-order valence-electron chi connectivity index (χ3n) is 4.59. The first-order valence-corrected chi connectivity index (χ1v) is 10.2. The molecule has 0 aliphatic carbocycles. The Balaban J connectivity index is 1.62. The minimum Gasteiger partial charge on any atom is -0.325 e. The summed E-state index contributed by atoms with van der Waals surface area (Å²) in [6.07, 6.45) is 3.09. The number of aromatic amines is 1. The molecule has 0 fully saturated rings. The summed E-state index contributed by atoms with van der Waals surface area (Å²) in [4.78, 5) is 32.1. The van der Waals surface area contributed by atoms with Crippen molar-refractivity contribution in [3.8, 4) is 6.07 Å². The number of H-pyrrole nitrogens is 1. The molecular formula is C21H19ClN4O2S. The van der Waals surface area contributed by atoms with E-state index in [2.05, 4.69) is 15.3 Å². The number of carbonyl (C=O) groups excluding carboxylic acids is 1. The average molecular weight is 427 g/mol. The molecule has 6 nitrogen and oxygen atoms in total. The zero-order valence-electron chi connectivity index (χ0n) is 16.0. The lowest BCUT2D eigenvalue weighted by Gasteiger charge is -2.10. The first kappa shape index (κ1) is 20.8. The van der Waals surface area contributed by atoms with E-state index in [0.29, 0.717) is 34.3 Å². The molecule has 0 aliphatic heterocycles. The smallest absolute Gasteiger partial charge is 0.266 e. The Bertz CT molecular complexity index is 1160. The quantitative estimate of drug-likeness (QED) is 0.618. The molecule has 1 aromatic carbocycles. The lowest BCUT2D eigenvalue weighted by atomic mass is 9.99. The highest BCUT2D eigenvalue weighted by Crippen LogP contribution is 2.23. The van der Waals surface area contributed by atoms with Crippen molar-refractivity contribution in [1.82, 2.24) is 9.97 Å². The van der Waals surface area contributed by atoms with Crippen molar-refractivity contribution in [2.24, 2.45) is 0 Å². The maximum absolute atomic E-state index is 12.3. The van der Waals surface area contributed by atoms with E-state index >= 15 is 0 Å². The minimum atomic E-state index is -0.397. The topological polar surface area (TPSA) is 98.6 Å². The van der Waals surface area contributed by atoms with E-state index in [0.717, 1.165) is 16.0 Å². The average Bonchev–Trinajstić information content (AvgIpc) is 3.08. The van der Waals surface area contributed by atoms with Gasteiger partial charge in [-0.25, -0.2) is 4.98 Å². The van der Waals surface area contributed by atoms with Crippen LogP contribution in [0.4, 0.5) is 5.13 Å². The standard InChI is InChI=1S/C21H19ClN4O2S/c1-12-17(13(2)25-20(28)18(12)10-23)6-7-19(27)26-21-24-11-16(29-21)9-14-4-3-5-15(22)8-14/h3-5,8,11H,6-7,9H2,1-2H3,(H,25,28)(H,24,26,27). The maximum atomic E-state index is 12.3. The maximum Gasteiger partial charge on any atom is 0.266 e. The minimum absolute atomic E-state index is 0.0941. The van der Waals surface area contributed by atoms with E-state index in [9.17, 15) is 9.59 Å². The molecule has 0 saturated heterocycles. The van der Waals surface area contributed by atoms with Gasteiger partial charge in [-0.3, -0.25) is 9.59 Å². The number of pyridine rings is 1. The predicted octanol–water partition coefficient (Wildman–Crippen LogP) is 4.14. The zero-order chi connectivity index (χ0) is 21.0.